The molecule has 0 unspecified atom stereocenters. The number of benzene rings is 1. The van der Waals surface area contributed by atoms with E-state index < -0.39 is 0 Å². The Morgan fingerprint density at radius 2 is 1.83 bits per heavy atom. The second-order valence-electron chi connectivity index (χ2n) is 4.01. The number of carbonyl (C=O) groups is 1. The second kappa shape index (κ2) is 6.54. The van der Waals surface area contributed by atoms with Gasteiger partial charge in [-0.05, 0) is 25.1 Å². The van der Waals surface area contributed by atoms with Crippen LogP contribution < -0.4 is 9.47 Å². The summed E-state index contributed by atoms with van der Waals surface area (Å²) in [5.41, 5.74) is 0. The first-order valence-corrected chi connectivity index (χ1v) is 6.47. The van der Waals surface area contributed by atoms with Crippen molar-refractivity contribution in [3.8, 4) is 11.5 Å². The average molecular weight is 269 g/mol. The summed E-state index contributed by atoms with van der Waals surface area (Å²) >= 11 is 1.50. The topological polar surface area (TPSA) is 38.8 Å². The molecular formula is C13H19NO3S. The SMILES string of the molecule is COc1ccc(S[C@H](C)C(=O)N(C)C)cc1OC. The summed E-state index contributed by atoms with van der Waals surface area (Å²) in [6.45, 7) is 1.89. The average Bonchev–Trinajstić information content (AvgIpc) is 2.37. The van der Waals surface area contributed by atoms with E-state index in [9.17, 15) is 4.79 Å². The molecular weight excluding hydrogens is 250 g/mol. The Morgan fingerprint density at radius 1 is 1.22 bits per heavy atom. The maximum atomic E-state index is 11.8. The third kappa shape index (κ3) is 3.57. The summed E-state index contributed by atoms with van der Waals surface area (Å²) in [5, 5.41) is -0.127. The van der Waals surface area contributed by atoms with Gasteiger partial charge in [-0.3, -0.25) is 4.79 Å². The Hall–Kier alpha value is -1.36. The largest absolute Gasteiger partial charge is 0.493 e. The van der Waals surface area contributed by atoms with Crippen molar-refractivity contribution in [2.24, 2.45) is 0 Å². The monoisotopic (exact) mass is 269 g/mol. The van der Waals surface area contributed by atoms with Gasteiger partial charge in [0.2, 0.25) is 5.91 Å². The summed E-state index contributed by atoms with van der Waals surface area (Å²) in [4.78, 5) is 14.4. The molecule has 4 nitrogen and oxygen atoms in total. The van der Waals surface area contributed by atoms with E-state index in [1.807, 2.05) is 25.1 Å². The molecule has 0 bridgehead atoms. The minimum Gasteiger partial charge on any atom is -0.493 e. The van der Waals surface area contributed by atoms with Crippen LogP contribution in [0, 0.1) is 0 Å². The molecule has 0 spiro atoms. The molecule has 1 atom stereocenters. The van der Waals surface area contributed by atoms with Crippen LogP contribution in [0.2, 0.25) is 0 Å². The Bertz CT molecular complexity index is 421. The highest BCUT2D eigenvalue weighted by molar-refractivity contribution is 8.00. The third-order valence-electron chi connectivity index (χ3n) is 2.46. The zero-order chi connectivity index (χ0) is 13.7. The molecule has 0 saturated heterocycles. The van der Waals surface area contributed by atoms with E-state index in [1.165, 1.54) is 11.8 Å². The molecule has 1 rings (SSSR count). The fourth-order valence-electron chi connectivity index (χ4n) is 1.51. The van der Waals surface area contributed by atoms with Gasteiger partial charge in [0.15, 0.2) is 11.5 Å². The number of rotatable bonds is 5. The van der Waals surface area contributed by atoms with Crippen LogP contribution in [0.15, 0.2) is 23.1 Å². The minimum atomic E-state index is -0.127. The van der Waals surface area contributed by atoms with Gasteiger partial charge in [0.1, 0.15) is 0 Å². The Kier molecular flexibility index (Phi) is 5.34. The molecule has 0 radical (unpaired) electrons. The van der Waals surface area contributed by atoms with Crippen LogP contribution in [0.3, 0.4) is 0 Å². The van der Waals surface area contributed by atoms with Crippen molar-refractivity contribution in [2.75, 3.05) is 28.3 Å². The van der Waals surface area contributed by atoms with E-state index >= 15 is 0 Å². The van der Waals surface area contributed by atoms with Crippen LogP contribution in [-0.4, -0.2) is 44.4 Å². The molecule has 0 N–H and O–H groups in total. The number of ether oxygens (including phenoxy) is 2. The van der Waals surface area contributed by atoms with Crippen molar-refractivity contribution in [2.45, 2.75) is 17.1 Å². The van der Waals surface area contributed by atoms with Gasteiger partial charge in [-0.15, -0.1) is 11.8 Å². The number of nitrogens with zero attached hydrogens (tertiary/aromatic N) is 1. The van der Waals surface area contributed by atoms with Crippen LogP contribution in [0.4, 0.5) is 0 Å². The van der Waals surface area contributed by atoms with E-state index in [-0.39, 0.29) is 11.2 Å². The van der Waals surface area contributed by atoms with Crippen molar-refractivity contribution in [1.29, 1.82) is 0 Å². The highest BCUT2D eigenvalue weighted by atomic mass is 32.2. The zero-order valence-electron chi connectivity index (χ0n) is 11.4. The van der Waals surface area contributed by atoms with Crippen LogP contribution in [0.25, 0.3) is 0 Å². The standard InChI is InChI=1S/C13H19NO3S/c1-9(13(15)14(2)3)18-10-6-7-11(16-4)12(8-10)17-5/h6-9H,1-5H3/t9-/m1/s1. The highest BCUT2D eigenvalue weighted by Crippen LogP contribution is 2.33. The predicted molar refractivity (Wildman–Crippen MR) is 73.6 cm³/mol. The van der Waals surface area contributed by atoms with Crippen molar-refractivity contribution < 1.29 is 14.3 Å². The second-order valence-corrected chi connectivity index (χ2v) is 5.42. The molecule has 18 heavy (non-hydrogen) atoms. The molecule has 0 heterocycles. The summed E-state index contributed by atoms with van der Waals surface area (Å²) < 4.78 is 10.4. The summed E-state index contributed by atoms with van der Waals surface area (Å²) in [6.07, 6.45) is 0. The summed E-state index contributed by atoms with van der Waals surface area (Å²) in [5.74, 6) is 1.45. The first-order chi connectivity index (χ1) is 8.49. The zero-order valence-corrected chi connectivity index (χ0v) is 12.2. The smallest absolute Gasteiger partial charge is 0.235 e. The van der Waals surface area contributed by atoms with Crippen LogP contribution in [-0.2, 0) is 4.79 Å². The van der Waals surface area contributed by atoms with E-state index in [2.05, 4.69) is 0 Å². The molecule has 0 aliphatic heterocycles. The number of amides is 1. The lowest BCUT2D eigenvalue weighted by atomic mass is 10.3. The van der Waals surface area contributed by atoms with Crippen molar-refractivity contribution in [3.05, 3.63) is 18.2 Å². The van der Waals surface area contributed by atoms with Gasteiger partial charge < -0.3 is 14.4 Å². The van der Waals surface area contributed by atoms with Gasteiger partial charge in [0.25, 0.3) is 0 Å². The van der Waals surface area contributed by atoms with Crippen LogP contribution in [0.1, 0.15) is 6.92 Å². The Morgan fingerprint density at radius 3 is 2.33 bits per heavy atom. The van der Waals surface area contributed by atoms with Crippen molar-refractivity contribution >= 4 is 17.7 Å². The lowest BCUT2D eigenvalue weighted by Gasteiger charge is -2.17. The molecule has 0 aliphatic carbocycles. The fourth-order valence-corrected chi connectivity index (χ4v) is 2.55. The van der Waals surface area contributed by atoms with Gasteiger partial charge in [0, 0.05) is 19.0 Å². The van der Waals surface area contributed by atoms with Crippen molar-refractivity contribution in [1.82, 2.24) is 4.90 Å². The molecule has 5 heteroatoms. The molecule has 1 aromatic carbocycles. The molecule has 0 aromatic heterocycles. The maximum absolute atomic E-state index is 11.8. The molecule has 0 fully saturated rings. The lowest BCUT2D eigenvalue weighted by molar-refractivity contribution is -0.127. The van der Waals surface area contributed by atoms with Crippen molar-refractivity contribution in [3.63, 3.8) is 0 Å². The Balaban J connectivity index is 2.82. The van der Waals surface area contributed by atoms with E-state index in [1.54, 1.807) is 33.2 Å². The number of carbonyl (C=O) groups excluding carboxylic acids is 1. The predicted octanol–water partition coefficient (Wildman–Crippen LogP) is 2.27. The van der Waals surface area contributed by atoms with Gasteiger partial charge >= 0.3 is 0 Å². The number of methoxy groups -OCH3 is 2. The number of hydrogen-bond acceptors (Lipinski definition) is 4. The number of thioether (sulfide) groups is 1. The first kappa shape index (κ1) is 14.7. The highest BCUT2D eigenvalue weighted by Gasteiger charge is 2.17. The molecule has 100 valence electrons. The van der Waals surface area contributed by atoms with E-state index in [4.69, 9.17) is 9.47 Å². The third-order valence-corrected chi connectivity index (χ3v) is 3.54. The van der Waals surface area contributed by atoms with Gasteiger partial charge in [-0.1, -0.05) is 0 Å². The van der Waals surface area contributed by atoms with E-state index in [0.29, 0.717) is 11.5 Å². The molecule has 0 saturated carbocycles. The minimum absolute atomic E-state index is 0.0924. The van der Waals surface area contributed by atoms with Crippen LogP contribution >= 0.6 is 11.8 Å². The van der Waals surface area contributed by atoms with Gasteiger partial charge in [0.05, 0.1) is 19.5 Å². The van der Waals surface area contributed by atoms with Crippen LogP contribution in [0.5, 0.6) is 11.5 Å². The lowest BCUT2D eigenvalue weighted by Crippen LogP contribution is -2.29. The van der Waals surface area contributed by atoms with Gasteiger partial charge in [-0.2, -0.15) is 0 Å². The normalized spacial score (nSPS) is 11.8. The molecule has 1 amide bonds. The Labute approximate surface area is 112 Å². The first-order valence-electron chi connectivity index (χ1n) is 5.59. The molecule has 0 aliphatic rings. The summed E-state index contributed by atoms with van der Waals surface area (Å²) in [7, 11) is 6.71. The maximum Gasteiger partial charge on any atom is 0.235 e. The quantitative estimate of drug-likeness (QED) is 0.769. The number of hydrogen-bond donors (Lipinski definition) is 0. The summed E-state index contributed by atoms with van der Waals surface area (Å²) in [6, 6.07) is 5.64. The molecule has 1 aromatic rings. The van der Waals surface area contributed by atoms with E-state index in [0.717, 1.165) is 4.90 Å². The fraction of sp³-hybridized carbons (Fsp3) is 0.462. The van der Waals surface area contributed by atoms with Gasteiger partial charge in [-0.25, -0.2) is 0 Å².